The zero-order valence-corrected chi connectivity index (χ0v) is 16.8. The van der Waals surface area contributed by atoms with Crippen LogP contribution in [0.4, 0.5) is 32.2 Å². The lowest BCUT2D eigenvalue weighted by Gasteiger charge is -2.40. The average Bonchev–Trinajstić information content (AvgIpc) is 3.36. The largest absolute Gasteiger partial charge is 0.432 e. The molecule has 1 atom stereocenters. The number of halogens is 6. The number of nitrogens with one attached hydrogen (secondary N) is 2. The molecule has 1 fully saturated rings. The standard InChI is InChI=1S/C19H19F6N7/c1-11-9-31(4-5-32(11)15-3-2-13(7-26-15)18(20,21)22)10-12-6-28-30-16(12)17-27-8-14(29-17)19(23,24)25/h2-3,6-8,11H,4-5,9-10H2,1H3,(H,27,29)(H,28,30). The van der Waals surface area contributed by atoms with Crippen molar-refractivity contribution in [3.8, 4) is 11.5 Å². The fourth-order valence-electron chi connectivity index (χ4n) is 3.71. The SMILES string of the molecule is CC1CN(Cc2cn[nH]c2-c2ncc(C(F)(F)F)[nH]2)CCN1c1ccc(C(F)(F)F)cn1. The van der Waals surface area contributed by atoms with Gasteiger partial charge >= 0.3 is 12.4 Å². The van der Waals surface area contributed by atoms with Gasteiger partial charge in [0.25, 0.3) is 0 Å². The second-order valence-corrected chi connectivity index (χ2v) is 7.59. The zero-order chi connectivity index (χ0) is 23.1. The molecule has 32 heavy (non-hydrogen) atoms. The number of nitrogens with zero attached hydrogens (tertiary/aromatic N) is 5. The molecule has 1 unspecified atom stereocenters. The van der Waals surface area contributed by atoms with Crippen molar-refractivity contribution >= 4 is 5.82 Å². The van der Waals surface area contributed by atoms with Crippen molar-refractivity contribution in [2.24, 2.45) is 0 Å². The third-order valence-electron chi connectivity index (χ3n) is 5.31. The van der Waals surface area contributed by atoms with Crippen molar-refractivity contribution in [3.63, 3.8) is 0 Å². The summed E-state index contributed by atoms with van der Waals surface area (Å²) < 4.78 is 76.8. The van der Waals surface area contributed by atoms with E-state index in [4.69, 9.17) is 0 Å². The molecule has 4 heterocycles. The number of hydrogen-bond acceptors (Lipinski definition) is 5. The highest BCUT2D eigenvalue weighted by molar-refractivity contribution is 5.54. The molecule has 0 aromatic carbocycles. The van der Waals surface area contributed by atoms with Crippen LogP contribution in [0.5, 0.6) is 0 Å². The summed E-state index contributed by atoms with van der Waals surface area (Å²) in [5.41, 5.74) is -0.688. The monoisotopic (exact) mass is 459 g/mol. The zero-order valence-electron chi connectivity index (χ0n) is 16.8. The van der Waals surface area contributed by atoms with E-state index < -0.39 is 23.6 Å². The van der Waals surface area contributed by atoms with Gasteiger partial charge in [-0.25, -0.2) is 9.97 Å². The normalized spacial score (nSPS) is 18.3. The van der Waals surface area contributed by atoms with Crippen LogP contribution >= 0.6 is 0 Å². The van der Waals surface area contributed by atoms with E-state index in [-0.39, 0.29) is 11.9 Å². The molecule has 172 valence electrons. The molecule has 7 nitrogen and oxygen atoms in total. The van der Waals surface area contributed by atoms with Crippen LogP contribution in [0.1, 0.15) is 23.7 Å². The molecule has 0 spiro atoms. The number of rotatable bonds is 4. The number of alkyl halides is 6. The van der Waals surface area contributed by atoms with Gasteiger partial charge in [-0.05, 0) is 19.1 Å². The maximum Gasteiger partial charge on any atom is 0.432 e. The Morgan fingerprint density at radius 2 is 1.78 bits per heavy atom. The molecule has 3 aromatic heterocycles. The first-order valence-corrected chi connectivity index (χ1v) is 9.69. The third kappa shape index (κ3) is 4.56. The van der Waals surface area contributed by atoms with Crippen molar-refractivity contribution in [1.82, 2.24) is 30.0 Å². The van der Waals surface area contributed by atoms with Crippen LogP contribution < -0.4 is 4.90 Å². The number of anilines is 1. The van der Waals surface area contributed by atoms with Gasteiger partial charge in [0.05, 0.1) is 18.0 Å². The topological polar surface area (TPSA) is 76.7 Å². The van der Waals surface area contributed by atoms with Crippen LogP contribution in [0.2, 0.25) is 0 Å². The maximum absolute atomic E-state index is 12.8. The number of piperazine rings is 1. The second-order valence-electron chi connectivity index (χ2n) is 7.59. The minimum Gasteiger partial charge on any atom is -0.351 e. The molecule has 4 rings (SSSR count). The van der Waals surface area contributed by atoms with Crippen LogP contribution in [0.25, 0.3) is 11.5 Å². The van der Waals surface area contributed by atoms with Gasteiger partial charge in [-0.1, -0.05) is 0 Å². The van der Waals surface area contributed by atoms with Gasteiger partial charge in [-0.2, -0.15) is 31.4 Å². The Hall–Kier alpha value is -3.09. The fourth-order valence-corrected chi connectivity index (χ4v) is 3.71. The summed E-state index contributed by atoms with van der Waals surface area (Å²) in [6.45, 7) is 4.06. The van der Waals surface area contributed by atoms with Gasteiger partial charge in [0.2, 0.25) is 0 Å². The van der Waals surface area contributed by atoms with E-state index in [1.807, 2.05) is 11.8 Å². The molecule has 0 saturated carbocycles. The molecule has 0 amide bonds. The predicted molar refractivity (Wildman–Crippen MR) is 102 cm³/mol. The Labute approximate surface area is 178 Å². The lowest BCUT2D eigenvalue weighted by Crippen LogP contribution is -2.51. The van der Waals surface area contributed by atoms with Crippen LogP contribution in [-0.2, 0) is 18.9 Å². The lowest BCUT2D eigenvalue weighted by atomic mass is 10.1. The molecule has 1 saturated heterocycles. The van der Waals surface area contributed by atoms with Crippen LogP contribution in [0, 0.1) is 0 Å². The fraction of sp³-hybridized carbons (Fsp3) is 0.421. The van der Waals surface area contributed by atoms with E-state index in [0.29, 0.717) is 43.3 Å². The van der Waals surface area contributed by atoms with Gasteiger partial charge < -0.3 is 9.88 Å². The number of imidazole rings is 1. The minimum absolute atomic E-state index is 0.0382. The summed E-state index contributed by atoms with van der Waals surface area (Å²) >= 11 is 0. The van der Waals surface area contributed by atoms with Crippen molar-refractivity contribution in [2.75, 3.05) is 24.5 Å². The summed E-state index contributed by atoms with van der Waals surface area (Å²) in [7, 11) is 0. The van der Waals surface area contributed by atoms with Crippen LogP contribution in [-0.4, -0.2) is 55.7 Å². The van der Waals surface area contributed by atoms with Gasteiger partial charge in [-0.15, -0.1) is 0 Å². The first-order valence-electron chi connectivity index (χ1n) is 9.69. The minimum atomic E-state index is -4.52. The number of aromatic amines is 2. The molecule has 3 aromatic rings. The van der Waals surface area contributed by atoms with E-state index in [2.05, 4.69) is 30.0 Å². The molecule has 0 radical (unpaired) electrons. The summed E-state index contributed by atoms with van der Waals surface area (Å²) in [6, 6.07) is 2.33. The van der Waals surface area contributed by atoms with E-state index in [9.17, 15) is 26.3 Å². The quantitative estimate of drug-likeness (QED) is 0.578. The van der Waals surface area contributed by atoms with Gasteiger partial charge in [0.1, 0.15) is 17.2 Å². The van der Waals surface area contributed by atoms with Crippen molar-refractivity contribution < 1.29 is 26.3 Å². The molecule has 0 bridgehead atoms. The number of aromatic nitrogens is 5. The number of hydrogen-bond donors (Lipinski definition) is 2. The third-order valence-corrected chi connectivity index (χ3v) is 5.31. The van der Waals surface area contributed by atoms with Crippen molar-refractivity contribution in [2.45, 2.75) is 31.9 Å². The smallest absolute Gasteiger partial charge is 0.351 e. The molecule has 1 aliphatic rings. The Balaban J connectivity index is 1.42. The van der Waals surface area contributed by atoms with Crippen LogP contribution in [0.15, 0.2) is 30.7 Å². The summed E-state index contributed by atoms with van der Waals surface area (Å²) in [5, 5.41) is 6.63. The summed E-state index contributed by atoms with van der Waals surface area (Å²) in [4.78, 5) is 14.1. The molecular weight excluding hydrogens is 440 g/mol. The average molecular weight is 459 g/mol. The van der Waals surface area contributed by atoms with Crippen molar-refractivity contribution in [3.05, 3.63) is 47.5 Å². The van der Waals surface area contributed by atoms with E-state index in [1.165, 1.54) is 6.07 Å². The molecular formula is C19H19F6N7. The lowest BCUT2D eigenvalue weighted by molar-refractivity contribution is -0.141. The highest BCUT2D eigenvalue weighted by Gasteiger charge is 2.34. The highest BCUT2D eigenvalue weighted by atomic mass is 19.4. The van der Waals surface area contributed by atoms with Gasteiger partial charge in [0, 0.05) is 44.0 Å². The molecule has 13 heteroatoms. The number of pyridine rings is 1. The Kier molecular flexibility index (Phi) is 5.61. The first kappa shape index (κ1) is 22.1. The first-order chi connectivity index (χ1) is 15.0. The van der Waals surface area contributed by atoms with E-state index in [1.54, 1.807) is 6.20 Å². The molecule has 1 aliphatic heterocycles. The molecule has 2 N–H and O–H groups in total. The second kappa shape index (κ2) is 8.11. The predicted octanol–water partition coefficient (Wildman–Crippen LogP) is 3.94. The molecule has 0 aliphatic carbocycles. The van der Waals surface area contributed by atoms with Crippen LogP contribution in [0.3, 0.4) is 0 Å². The maximum atomic E-state index is 12.8. The van der Waals surface area contributed by atoms with E-state index in [0.717, 1.165) is 18.5 Å². The van der Waals surface area contributed by atoms with Crippen molar-refractivity contribution in [1.29, 1.82) is 0 Å². The highest BCUT2D eigenvalue weighted by Crippen LogP contribution is 2.31. The van der Waals surface area contributed by atoms with E-state index >= 15 is 0 Å². The Morgan fingerprint density at radius 1 is 1.00 bits per heavy atom. The number of H-pyrrole nitrogens is 2. The Bertz CT molecular complexity index is 1050. The summed E-state index contributed by atoms with van der Waals surface area (Å²) in [6.07, 6.45) is -5.86. The Morgan fingerprint density at radius 3 is 2.38 bits per heavy atom. The summed E-state index contributed by atoms with van der Waals surface area (Å²) in [5.74, 6) is 0.509. The van der Waals surface area contributed by atoms with Gasteiger partial charge in [-0.3, -0.25) is 10.00 Å². The van der Waals surface area contributed by atoms with Gasteiger partial charge in [0.15, 0.2) is 5.82 Å².